The average Bonchev–Trinajstić information content (AvgIpc) is 1.76. The molecule has 96 valence electrons. The molecule has 0 aliphatic rings. The molecule has 0 saturated heterocycles. The van der Waals surface area contributed by atoms with Crippen LogP contribution in [-0.4, -0.2) is 91.2 Å². The van der Waals surface area contributed by atoms with E-state index in [1.807, 2.05) is 0 Å². The quantitative estimate of drug-likeness (QED) is 0.306. The molecule has 0 amide bonds. The molecule has 0 bridgehead atoms. The predicted octanol–water partition coefficient (Wildman–Crippen LogP) is -5.21. The molecule has 0 aromatic heterocycles. The first-order valence-electron chi connectivity index (χ1n) is 2.53. The first kappa shape index (κ1) is 36.0. The van der Waals surface area contributed by atoms with E-state index in [1.54, 1.807) is 0 Å². The SMILES string of the molecule is O=C([O-])O.O=C([O-])O.O=C([O-])O.O=C([O-])O.[Mg+2].[Mg+2]. The van der Waals surface area contributed by atoms with E-state index >= 15 is 0 Å². The van der Waals surface area contributed by atoms with Gasteiger partial charge >= 0.3 is 46.1 Å². The van der Waals surface area contributed by atoms with Crippen molar-refractivity contribution in [3.05, 3.63) is 0 Å². The Bertz CT molecular complexity index is 162. The number of carbonyl (C=O) groups is 4. The molecule has 12 nitrogen and oxygen atoms in total. The van der Waals surface area contributed by atoms with E-state index in [2.05, 4.69) is 0 Å². The fourth-order valence-electron chi connectivity index (χ4n) is 0. The second-order valence-corrected chi connectivity index (χ2v) is 1.06. The van der Waals surface area contributed by atoms with Crippen LogP contribution in [0.1, 0.15) is 0 Å². The molecule has 14 heteroatoms. The molecule has 4 N–H and O–H groups in total. The summed E-state index contributed by atoms with van der Waals surface area (Å²) in [4.78, 5) is 33.8. The van der Waals surface area contributed by atoms with Crippen molar-refractivity contribution >= 4 is 70.7 Å². The maximum absolute atomic E-state index is 8.44. The fourth-order valence-corrected chi connectivity index (χ4v) is 0. The molecule has 0 aliphatic heterocycles. The van der Waals surface area contributed by atoms with Crippen molar-refractivity contribution in [1.29, 1.82) is 0 Å². The normalized spacial score (nSPS) is 5.33. The third kappa shape index (κ3) is 1410. The molecular formula is C4H4Mg2O12. The van der Waals surface area contributed by atoms with Gasteiger partial charge in [-0.1, -0.05) is 0 Å². The first-order chi connectivity index (χ1) is 6.93. The molecule has 0 atom stereocenters. The molecule has 0 rings (SSSR count). The molecular weight excluding hydrogens is 289 g/mol. The Balaban J connectivity index is -0.0000000257. The Morgan fingerprint density at radius 3 is 0.500 bits per heavy atom. The van der Waals surface area contributed by atoms with Gasteiger partial charge in [-0.3, -0.25) is 0 Å². The molecule has 0 saturated carbocycles. The third-order valence-electron chi connectivity index (χ3n) is 0. The van der Waals surface area contributed by atoms with Crippen LogP contribution in [0.25, 0.3) is 0 Å². The van der Waals surface area contributed by atoms with E-state index in [-0.39, 0.29) is 46.1 Å². The Labute approximate surface area is 130 Å². The molecule has 0 spiro atoms. The van der Waals surface area contributed by atoms with Gasteiger partial charge in [0.1, 0.15) is 0 Å². The summed E-state index contributed by atoms with van der Waals surface area (Å²) in [7, 11) is 0. The maximum Gasteiger partial charge on any atom is 2.00 e. The summed E-state index contributed by atoms with van der Waals surface area (Å²) in [5, 5.41) is 61.2. The third-order valence-corrected chi connectivity index (χ3v) is 0. The van der Waals surface area contributed by atoms with Crippen LogP contribution in [-0.2, 0) is 0 Å². The van der Waals surface area contributed by atoms with E-state index in [0.29, 0.717) is 0 Å². The predicted molar refractivity (Wildman–Crippen MR) is 43.6 cm³/mol. The largest absolute Gasteiger partial charge is 2.00 e. The van der Waals surface area contributed by atoms with Crippen molar-refractivity contribution in [1.82, 2.24) is 0 Å². The molecule has 0 fully saturated rings. The van der Waals surface area contributed by atoms with Crippen molar-refractivity contribution in [3.8, 4) is 0 Å². The van der Waals surface area contributed by atoms with Crippen LogP contribution in [0.2, 0.25) is 0 Å². The van der Waals surface area contributed by atoms with Crippen molar-refractivity contribution in [2.75, 3.05) is 0 Å². The van der Waals surface area contributed by atoms with Gasteiger partial charge in [-0.2, -0.15) is 0 Å². The summed E-state index contributed by atoms with van der Waals surface area (Å²) < 4.78 is 0. The zero-order valence-electron chi connectivity index (χ0n) is 8.47. The van der Waals surface area contributed by atoms with Crippen LogP contribution in [0.3, 0.4) is 0 Å². The molecule has 0 heterocycles. The maximum atomic E-state index is 8.44. The molecule has 0 aromatic carbocycles. The van der Waals surface area contributed by atoms with Gasteiger partial charge in [-0.05, 0) is 0 Å². The van der Waals surface area contributed by atoms with Crippen LogP contribution >= 0.6 is 0 Å². The van der Waals surface area contributed by atoms with Gasteiger partial charge in [0.25, 0.3) is 0 Å². The zero-order valence-corrected chi connectivity index (χ0v) is 11.3. The van der Waals surface area contributed by atoms with E-state index < -0.39 is 24.6 Å². The molecule has 0 radical (unpaired) electrons. The number of hydrogen-bond donors (Lipinski definition) is 4. The number of carboxylic acid groups (broad SMARTS) is 8. The summed E-state index contributed by atoms with van der Waals surface area (Å²) in [6.07, 6.45) is -8.33. The van der Waals surface area contributed by atoms with Crippen LogP contribution in [0.4, 0.5) is 19.2 Å². The van der Waals surface area contributed by atoms with Crippen molar-refractivity contribution in [2.24, 2.45) is 0 Å². The standard InChI is InChI=1S/4CH2O3.2Mg/c4*2-1(3)4;;/h4*(H2,2,3,4);;/q;;;;2*+2/p-4. The van der Waals surface area contributed by atoms with Gasteiger partial charge in [0.15, 0.2) is 0 Å². The first-order valence-corrected chi connectivity index (χ1v) is 2.53. The topological polar surface area (TPSA) is 241 Å². The average molecular weight is 293 g/mol. The summed E-state index contributed by atoms with van der Waals surface area (Å²) in [5.41, 5.74) is 0. The minimum Gasteiger partial charge on any atom is -0.565 e. The van der Waals surface area contributed by atoms with Crippen molar-refractivity contribution < 1.29 is 60.0 Å². The van der Waals surface area contributed by atoms with Gasteiger partial charge in [0.05, 0.1) is 0 Å². The Kier molecular flexibility index (Phi) is 59.1. The number of rotatable bonds is 0. The Morgan fingerprint density at radius 1 is 0.500 bits per heavy atom. The second kappa shape index (κ2) is 29.6. The smallest absolute Gasteiger partial charge is 0.565 e. The number of hydrogen-bond acceptors (Lipinski definition) is 8. The van der Waals surface area contributed by atoms with Gasteiger partial charge in [0, 0.05) is 0 Å². The van der Waals surface area contributed by atoms with Crippen LogP contribution in [0.15, 0.2) is 0 Å². The van der Waals surface area contributed by atoms with E-state index in [9.17, 15) is 0 Å². The Hall–Kier alpha value is -1.39. The molecule has 0 aromatic rings. The minimum absolute atomic E-state index is 0. The summed E-state index contributed by atoms with van der Waals surface area (Å²) in [5.74, 6) is 0. The summed E-state index contributed by atoms with van der Waals surface area (Å²) in [6.45, 7) is 0. The van der Waals surface area contributed by atoms with Gasteiger partial charge in [-0.15, -0.1) is 0 Å². The van der Waals surface area contributed by atoms with E-state index in [4.69, 9.17) is 60.0 Å². The summed E-state index contributed by atoms with van der Waals surface area (Å²) >= 11 is 0. The summed E-state index contributed by atoms with van der Waals surface area (Å²) in [6, 6.07) is 0. The van der Waals surface area contributed by atoms with Crippen LogP contribution in [0.5, 0.6) is 0 Å². The van der Waals surface area contributed by atoms with Gasteiger partial charge < -0.3 is 60.0 Å². The molecule has 18 heavy (non-hydrogen) atoms. The second-order valence-electron chi connectivity index (χ2n) is 1.06. The molecule has 0 unspecified atom stereocenters. The van der Waals surface area contributed by atoms with Gasteiger partial charge in [-0.25, -0.2) is 0 Å². The van der Waals surface area contributed by atoms with Crippen molar-refractivity contribution in [2.45, 2.75) is 0 Å². The van der Waals surface area contributed by atoms with Crippen LogP contribution in [0, 0.1) is 0 Å². The monoisotopic (exact) mass is 292 g/mol. The van der Waals surface area contributed by atoms with E-state index in [0.717, 1.165) is 0 Å². The molecule has 0 aliphatic carbocycles. The fraction of sp³-hybridized carbons (Fsp3) is 0. The van der Waals surface area contributed by atoms with Crippen LogP contribution < -0.4 is 20.4 Å². The zero-order chi connectivity index (χ0) is 14.3. The minimum atomic E-state index is -2.08. The van der Waals surface area contributed by atoms with Crippen molar-refractivity contribution in [3.63, 3.8) is 0 Å². The van der Waals surface area contributed by atoms with E-state index in [1.165, 1.54) is 0 Å². The Morgan fingerprint density at radius 2 is 0.500 bits per heavy atom. The van der Waals surface area contributed by atoms with Gasteiger partial charge in [0.2, 0.25) is 24.6 Å².